The molecule has 78 valence electrons. The highest BCUT2D eigenvalue weighted by Gasteiger charge is 1.96. The predicted molar refractivity (Wildman–Crippen MR) is 54.2 cm³/mol. The monoisotopic (exact) mass is 196 g/mol. The van der Waals surface area contributed by atoms with E-state index in [0.717, 1.165) is 24.8 Å². The van der Waals surface area contributed by atoms with Gasteiger partial charge in [0.2, 0.25) is 0 Å². The van der Waals surface area contributed by atoms with Crippen LogP contribution in [0.1, 0.15) is 24.8 Å². The molecule has 14 heavy (non-hydrogen) atoms. The number of aryl methyl sites for hydroxylation is 2. The van der Waals surface area contributed by atoms with Crippen molar-refractivity contribution in [3.63, 3.8) is 0 Å². The average molecular weight is 196 g/mol. The van der Waals surface area contributed by atoms with Crippen molar-refractivity contribution >= 4 is 0 Å². The van der Waals surface area contributed by atoms with Crippen LogP contribution in [0.3, 0.4) is 0 Å². The first-order valence-electron chi connectivity index (χ1n) is 4.88. The smallest absolute Gasteiger partial charge is 0.266 e. The number of aliphatic hydroxyl groups excluding tert-OH is 1. The molecule has 0 bridgehead atoms. The summed E-state index contributed by atoms with van der Waals surface area (Å²) in [5, 5.41) is 12.6. The minimum atomic E-state index is -0.0472. The SMILES string of the molecule is Cc1cnn(CCCCCO)c(=O)c1. The summed E-state index contributed by atoms with van der Waals surface area (Å²) >= 11 is 0. The van der Waals surface area contributed by atoms with Crippen molar-refractivity contribution in [1.29, 1.82) is 0 Å². The normalized spacial score (nSPS) is 10.4. The van der Waals surface area contributed by atoms with Gasteiger partial charge in [-0.3, -0.25) is 4.79 Å². The van der Waals surface area contributed by atoms with Crippen LogP contribution >= 0.6 is 0 Å². The van der Waals surface area contributed by atoms with E-state index in [2.05, 4.69) is 5.10 Å². The lowest BCUT2D eigenvalue weighted by Gasteiger charge is -2.03. The summed E-state index contributed by atoms with van der Waals surface area (Å²) in [4.78, 5) is 11.4. The highest BCUT2D eigenvalue weighted by Crippen LogP contribution is 1.96. The maximum Gasteiger partial charge on any atom is 0.266 e. The number of hydrogen-bond donors (Lipinski definition) is 1. The molecule has 1 aromatic rings. The molecule has 1 N–H and O–H groups in total. The number of nitrogens with zero attached hydrogens (tertiary/aromatic N) is 2. The fourth-order valence-electron chi connectivity index (χ4n) is 1.24. The third kappa shape index (κ3) is 3.30. The van der Waals surface area contributed by atoms with Gasteiger partial charge in [0.1, 0.15) is 0 Å². The molecule has 0 saturated carbocycles. The first-order valence-corrected chi connectivity index (χ1v) is 4.88. The fourth-order valence-corrected chi connectivity index (χ4v) is 1.24. The largest absolute Gasteiger partial charge is 0.396 e. The van der Waals surface area contributed by atoms with Crippen molar-refractivity contribution < 1.29 is 5.11 Å². The van der Waals surface area contributed by atoms with Crippen LogP contribution in [-0.4, -0.2) is 21.5 Å². The number of unbranched alkanes of at least 4 members (excludes halogenated alkanes) is 2. The molecule has 1 heterocycles. The van der Waals surface area contributed by atoms with E-state index in [4.69, 9.17) is 5.11 Å². The van der Waals surface area contributed by atoms with Gasteiger partial charge in [0.15, 0.2) is 0 Å². The molecule has 0 unspecified atom stereocenters. The molecular weight excluding hydrogens is 180 g/mol. The van der Waals surface area contributed by atoms with E-state index in [9.17, 15) is 4.79 Å². The van der Waals surface area contributed by atoms with Crippen LogP contribution in [0.25, 0.3) is 0 Å². The van der Waals surface area contributed by atoms with Gasteiger partial charge in [0.25, 0.3) is 5.56 Å². The zero-order valence-corrected chi connectivity index (χ0v) is 8.44. The summed E-state index contributed by atoms with van der Waals surface area (Å²) in [7, 11) is 0. The molecular formula is C10H16N2O2. The lowest BCUT2D eigenvalue weighted by atomic mass is 10.2. The Morgan fingerprint density at radius 2 is 2.21 bits per heavy atom. The Labute approximate surface area is 83.2 Å². The zero-order valence-electron chi connectivity index (χ0n) is 8.44. The Hall–Kier alpha value is -1.16. The Morgan fingerprint density at radius 1 is 1.43 bits per heavy atom. The molecule has 1 aromatic heterocycles. The molecule has 0 aliphatic heterocycles. The quantitative estimate of drug-likeness (QED) is 0.706. The maximum absolute atomic E-state index is 11.4. The second kappa shape index (κ2) is 5.54. The standard InChI is InChI=1S/C10H16N2O2/c1-9-7-10(14)12(11-8-9)5-3-2-4-6-13/h7-8,13H,2-6H2,1H3. The van der Waals surface area contributed by atoms with Crippen molar-refractivity contribution in [2.75, 3.05) is 6.61 Å². The summed E-state index contributed by atoms with van der Waals surface area (Å²) in [6, 6.07) is 1.58. The summed E-state index contributed by atoms with van der Waals surface area (Å²) in [5.74, 6) is 0. The van der Waals surface area contributed by atoms with E-state index in [0.29, 0.717) is 6.54 Å². The lowest BCUT2D eigenvalue weighted by molar-refractivity contribution is 0.281. The Bertz CT molecular complexity index is 333. The van der Waals surface area contributed by atoms with Crippen LogP contribution in [0.2, 0.25) is 0 Å². The third-order valence-electron chi connectivity index (χ3n) is 2.03. The topological polar surface area (TPSA) is 55.1 Å². The molecule has 0 radical (unpaired) electrons. The van der Waals surface area contributed by atoms with Crippen LogP contribution in [0.4, 0.5) is 0 Å². The molecule has 1 rings (SSSR count). The molecule has 4 heteroatoms. The number of aromatic nitrogens is 2. The van der Waals surface area contributed by atoms with Crippen LogP contribution in [0.5, 0.6) is 0 Å². The van der Waals surface area contributed by atoms with E-state index in [1.807, 2.05) is 6.92 Å². The van der Waals surface area contributed by atoms with E-state index in [1.165, 1.54) is 4.68 Å². The Balaban J connectivity index is 2.47. The minimum Gasteiger partial charge on any atom is -0.396 e. The summed E-state index contributed by atoms with van der Waals surface area (Å²) in [6.07, 6.45) is 4.29. The van der Waals surface area contributed by atoms with E-state index >= 15 is 0 Å². The molecule has 0 amide bonds. The Kier molecular flexibility index (Phi) is 4.32. The molecule has 0 aliphatic carbocycles. The van der Waals surface area contributed by atoms with Gasteiger partial charge in [-0.1, -0.05) is 0 Å². The first-order chi connectivity index (χ1) is 6.74. The predicted octanol–water partition coefficient (Wildman–Crippen LogP) is 0.714. The van der Waals surface area contributed by atoms with E-state index in [-0.39, 0.29) is 12.2 Å². The van der Waals surface area contributed by atoms with Crippen LogP contribution in [-0.2, 0) is 6.54 Å². The van der Waals surface area contributed by atoms with Crippen molar-refractivity contribution in [1.82, 2.24) is 9.78 Å². The van der Waals surface area contributed by atoms with Crippen LogP contribution in [0, 0.1) is 6.92 Å². The third-order valence-corrected chi connectivity index (χ3v) is 2.03. The van der Waals surface area contributed by atoms with Crippen molar-refractivity contribution in [2.45, 2.75) is 32.7 Å². The first kappa shape index (κ1) is 10.9. The van der Waals surface area contributed by atoms with Gasteiger partial charge in [-0.25, -0.2) is 4.68 Å². The molecule has 0 aliphatic rings. The van der Waals surface area contributed by atoms with E-state index in [1.54, 1.807) is 12.3 Å². The van der Waals surface area contributed by atoms with Gasteiger partial charge >= 0.3 is 0 Å². The van der Waals surface area contributed by atoms with Gasteiger partial charge in [-0.15, -0.1) is 0 Å². The average Bonchev–Trinajstić information content (AvgIpc) is 2.15. The Morgan fingerprint density at radius 3 is 2.86 bits per heavy atom. The van der Waals surface area contributed by atoms with Gasteiger partial charge in [-0.05, 0) is 31.7 Å². The van der Waals surface area contributed by atoms with Gasteiger partial charge in [-0.2, -0.15) is 5.10 Å². The van der Waals surface area contributed by atoms with Crippen LogP contribution in [0.15, 0.2) is 17.1 Å². The number of hydrogen-bond acceptors (Lipinski definition) is 3. The molecule has 4 nitrogen and oxygen atoms in total. The number of aliphatic hydroxyl groups is 1. The van der Waals surface area contributed by atoms with Gasteiger partial charge in [0.05, 0.1) is 6.20 Å². The van der Waals surface area contributed by atoms with E-state index < -0.39 is 0 Å². The van der Waals surface area contributed by atoms with Crippen LogP contribution < -0.4 is 5.56 Å². The summed E-state index contributed by atoms with van der Waals surface area (Å²) in [5.41, 5.74) is 0.843. The van der Waals surface area contributed by atoms with Crippen molar-refractivity contribution in [3.8, 4) is 0 Å². The maximum atomic E-state index is 11.4. The minimum absolute atomic E-state index is 0.0472. The zero-order chi connectivity index (χ0) is 10.4. The van der Waals surface area contributed by atoms with Crippen molar-refractivity contribution in [3.05, 3.63) is 28.2 Å². The van der Waals surface area contributed by atoms with Gasteiger partial charge in [0, 0.05) is 19.2 Å². The van der Waals surface area contributed by atoms with Gasteiger partial charge < -0.3 is 5.11 Å². The molecule has 0 spiro atoms. The molecule has 0 saturated heterocycles. The fraction of sp³-hybridized carbons (Fsp3) is 0.600. The highest BCUT2D eigenvalue weighted by molar-refractivity contribution is 5.02. The van der Waals surface area contributed by atoms with Crippen molar-refractivity contribution in [2.24, 2.45) is 0 Å². The highest BCUT2D eigenvalue weighted by atomic mass is 16.2. The molecule has 0 atom stereocenters. The summed E-state index contributed by atoms with van der Waals surface area (Å²) < 4.78 is 1.46. The number of rotatable bonds is 5. The molecule has 0 aromatic carbocycles. The summed E-state index contributed by atoms with van der Waals surface area (Å²) in [6.45, 7) is 2.71. The second-order valence-corrected chi connectivity index (χ2v) is 3.38. The molecule has 0 fully saturated rings. The lowest BCUT2D eigenvalue weighted by Crippen LogP contribution is -2.22. The second-order valence-electron chi connectivity index (χ2n) is 3.38.